The van der Waals surface area contributed by atoms with E-state index in [4.69, 9.17) is 10.2 Å². The lowest BCUT2D eigenvalue weighted by atomic mass is 10.1. The average molecular weight is 142 g/mol. The van der Waals surface area contributed by atoms with Crippen LogP contribution in [0.2, 0.25) is 0 Å². The molecule has 2 N–H and O–H groups in total. The van der Waals surface area contributed by atoms with Crippen LogP contribution < -0.4 is 0 Å². The molecule has 0 saturated carbocycles. The lowest BCUT2D eigenvalue weighted by Crippen LogP contribution is -2.19. The van der Waals surface area contributed by atoms with Crippen LogP contribution in [-0.4, -0.2) is 16.0 Å². The van der Waals surface area contributed by atoms with Crippen molar-refractivity contribution >= 4 is 0 Å². The van der Waals surface area contributed by atoms with Gasteiger partial charge in [0, 0.05) is 12.8 Å². The summed E-state index contributed by atoms with van der Waals surface area (Å²) in [5.74, 6) is 3.46. The third-order valence-corrected chi connectivity index (χ3v) is 1.17. The second kappa shape index (κ2) is 3.60. The smallest absolute Gasteiger partial charge is 0.225 e. The molecule has 0 spiro atoms. The Kier molecular flexibility index (Phi) is 3.41. The maximum Gasteiger partial charge on any atom is 0.225 e. The summed E-state index contributed by atoms with van der Waals surface area (Å²) in [4.78, 5) is 0. The first kappa shape index (κ1) is 9.48. The Morgan fingerprint density at radius 2 is 2.00 bits per heavy atom. The Labute approximate surface area is 61.9 Å². The van der Waals surface area contributed by atoms with Crippen LogP contribution in [0.5, 0.6) is 0 Å². The molecule has 58 valence electrons. The number of hydrogen-bond acceptors (Lipinski definition) is 2. The Morgan fingerprint density at radius 3 is 2.30 bits per heavy atom. The number of hydrogen-bond donors (Lipinski definition) is 2. The van der Waals surface area contributed by atoms with E-state index in [1.165, 1.54) is 6.92 Å². The van der Waals surface area contributed by atoms with Gasteiger partial charge in [-0.3, -0.25) is 0 Å². The van der Waals surface area contributed by atoms with Crippen molar-refractivity contribution in [2.24, 2.45) is 5.92 Å². The van der Waals surface area contributed by atoms with E-state index in [1.54, 1.807) is 0 Å². The minimum absolute atomic E-state index is 0.235. The molecule has 0 amide bonds. The van der Waals surface area contributed by atoms with Crippen LogP contribution in [0, 0.1) is 17.8 Å². The topological polar surface area (TPSA) is 40.5 Å². The van der Waals surface area contributed by atoms with Gasteiger partial charge in [0.15, 0.2) is 0 Å². The van der Waals surface area contributed by atoms with E-state index in [0.717, 1.165) is 6.42 Å². The van der Waals surface area contributed by atoms with Crippen molar-refractivity contribution in [1.29, 1.82) is 0 Å². The van der Waals surface area contributed by atoms with Gasteiger partial charge in [-0.05, 0) is 12.3 Å². The molecule has 0 bridgehead atoms. The van der Waals surface area contributed by atoms with Crippen LogP contribution in [0.15, 0.2) is 0 Å². The van der Waals surface area contributed by atoms with Gasteiger partial charge in [0.05, 0.1) is 0 Å². The molecule has 0 aliphatic heterocycles. The van der Waals surface area contributed by atoms with Crippen molar-refractivity contribution in [1.82, 2.24) is 0 Å². The van der Waals surface area contributed by atoms with E-state index in [2.05, 4.69) is 11.8 Å². The monoisotopic (exact) mass is 142 g/mol. The van der Waals surface area contributed by atoms with Gasteiger partial charge in [-0.2, -0.15) is 0 Å². The molecule has 1 unspecified atom stereocenters. The molecule has 10 heavy (non-hydrogen) atoms. The van der Waals surface area contributed by atoms with Gasteiger partial charge in [0.25, 0.3) is 0 Å². The zero-order valence-electron chi connectivity index (χ0n) is 6.68. The molecule has 0 aromatic rings. The van der Waals surface area contributed by atoms with Crippen LogP contribution in [0.25, 0.3) is 0 Å². The fourth-order valence-electron chi connectivity index (χ4n) is 0.362. The van der Waals surface area contributed by atoms with Crippen molar-refractivity contribution in [2.75, 3.05) is 0 Å². The predicted molar refractivity (Wildman–Crippen MR) is 40.1 cm³/mol. The molecule has 0 aromatic heterocycles. The summed E-state index contributed by atoms with van der Waals surface area (Å²) < 4.78 is 0. The van der Waals surface area contributed by atoms with Crippen LogP contribution in [0.3, 0.4) is 0 Å². The molecule has 0 aliphatic carbocycles. The minimum atomic E-state index is -1.83. The highest BCUT2D eigenvalue weighted by atomic mass is 16.5. The van der Waals surface area contributed by atoms with E-state index >= 15 is 0 Å². The Morgan fingerprint density at radius 1 is 1.50 bits per heavy atom. The third-order valence-electron chi connectivity index (χ3n) is 1.17. The zero-order chi connectivity index (χ0) is 8.20. The first-order chi connectivity index (χ1) is 4.45. The molecule has 0 heterocycles. The molecule has 0 aromatic carbocycles. The van der Waals surface area contributed by atoms with Gasteiger partial charge >= 0.3 is 0 Å². The molecule has 1 atom stereocenters. The van der Waals surface area contributed by atoms with Crippen molar-refractivity contribution in [3.05, 3.63) is 0 Å². The predicted octanol–water partition coefficient (Wildman–Crippen LogP) is 0.737. The molecule has 0 fully saturated rings. The summed E-state index contributed by atoms with van der Waals surface area (Å²) in [6, 6.07) is 0. The molecule has 2 nitrogen and oxygen atoms in total. The molecular weight excluding hydrogens is 128 g/mol. The van der Waals surface area contributed by atoms with Gasteiger partial charge in [-0.25, -0.2) is 0 Å². The average Bonchev–Trinajstić information content (AvgIpc) is 1.81. The van der Waals surface area contributed by atoms with Crippen LogP contribution in [-0.2, 0) is 0 Å². The van der Waals surface area contributed by atoms with E-state index in [0.29, 0.717) is 0 Å². The van der Waals surface area contributed by atoms with Crippen LogP contribution >= 0.6 is 0 Å². The quantitative estimate of drug-likeness (QED) is 0.418. The SMILES string of the molecule is CCC(C)C#CC(C)(O)O. The lowest BCUT2D eigenvalue weighted by molar-refractivity contribution is -0.0916. The number of rotatable bonds is 1. The van der Waals surface area contributed by atoms with E-state index in [-0.39, 0.29) is 5.92 Å². The lowest BCUT2D eigenvalue weighted by Gasteiger charge is -2.05. The molecule has 0 rings (SSSR count). The van der Waals surface area contributed by atoms with E-state index < -0.39 is 5.79 Å². The van der Waals surface area contributed by atoms with Crippen molar-refractivity contribution in [3.63, 3.8) is 0 Å². The second-order valence-electron chi connectivity index (χ2n) is 2.60. The molecule has 0 radical (unpaired) electrons. The maximum absolute atomic E-state index is 8.74. The molecule has 2 heteroatoms. The fourth-order valence-corrected chi connectivity index (χ4v) is 0.362. The molecular formula is C8H14O2. The van der Waals surface area contributed by atoms with Gasteiger partial charge < -0.3 is 10.2 Å². The summed E-state index contributed by atoms with van der Waals surface area (Å²) in [5, 5.41) is 17.5. The Bertz CT molecular complexity index is 145. The van der Waals surface area contributed by atoms with Crippen molar-refractivity contribution < 1.29 is 10.2 Å². The van der Waals surface area contributed by atoms with Gasteiger partial charge in [0.2, 0.25) is 5.79 Å². The van der Waals surface area contributed by atoms with Crippen molar-refractivity contribution in [2.45, 2.75) is 33.0 Å². The molecule has 0 aliphatic rings. The van der Waals surface area contributed by atoms with E-state index in [9.17, 15) is 0 Å². The third kappa shape index (κ3) is 5.61. The fraction of sp³-hybridized carbons (Fsp3) is 0.750. The highest BCUT2D eigenvalue weighted by molar-refractivity contribution is 5.08. The van der Waals surface area contributed by atoms with E-state index in [1.807, 2.05) is 13.8 Å². The number of aliphatic hydroxyl groups is 2. The van der Waals surface area contributed by atoms with Crippen LogP contribution in [0.4, 0.5) is 0 Å². The van der Waals surface area contributed by atoms with Crippen LogP contribution in [0.1, 0.15) is 27.2 Å². The second-order valence-corrected chi connectivity index (χ2v) is 2.60. The first-order valence-electron chi connectivity index (χ1n) is 3.43. The minimum Gasteiger partial charge on any atom is -0.356 e. The zero-order valence-corrected chi connectivity index (χ0v) is 6.68. The summed E-state index contributed by atoms with van der Waals surface area (Å²) in [6.07, 6.45) is 0.934. The summed E-state index contributed by atoms with van der Waals surface area (Å²) in [6.45, 7) is 5.20. The highest BCUT2D eigenvalue weighted by Gasteiger charge is 2.08. The van der Waals surface area contributed by atoms with Gasteiger partial charge in [0.1, 0.15) is 0 Å². The highest BCUT2D eigenvalue weighted by Crippen LogP contribution is 1.99. The van der Waals surface area contributed by atoms with Gasteiger partial charge in [-0.15, -0.1) is 0 Å². The summed E-state index contributed by atoms with van der Waals surface area (Å²) >= 11 is 0. The standard InChI is InChI=1S/C8H14O2/c1-4-7(2)5-6-8(3,9)10/h7,9-10H,4H2,1-3H3. The molecule has 0 saturated heterocycles. The normalized spacial score (nSPS) is 13.7. The largest absolute Gasteiger partial charge is 0.356 e. The summed E-state index contributed by atoms with van der Waals surface area (Å²) in [7, 11) is 0. The first-order valence-corrected chi connectivity index (χ1v) is 3.43. The summed E-state index contributed by atoms with van der Waals surface area (Å²) in [5.41, 5.74) is 0. The van der Waals surface area contributed by atoms with Crippen molar-refractivity contribution in [3.8, 4) is 11.8 Å². The Hall–Kier alpha value is -0.520. The Balaban J connectivity index is 3.91. The maximum atomic E-state index is 8.74. The van der Waals surface area contributed by atoms with Gasteiger partial charge in [-0.1, -0.05) is 19.8 Å².